The van der Waals surface area contributed by atoms with Gasteiger partial charge in [-0.2, -0.15) is 0 Å². The van der Waals surface area contributed by atoms with E-state index in [1.165, 1.54) is 16.7 Å². The number of ether oxygens (including phenoxy) is 1. The van der Waals surface area contributed by atoms with Crippen LogP contribution in [0.5, 0.6) is 0 Å². The first kappa shape index (κ1) is 43.6. The Labute approximate surface area is 342 Å². The second kappa shape index (κ2) is 19.0. The molecule has 0 saturated heterocycles. The monoisotopic (exact) mass is 783 g/mol. The van der Waals surface area contributed by atoms with Crippen molar-refractivity contribution in [3.63, 3.8) is 0 Å². The van der Waals surface area contributed by atoms with Gasteiger partial charge in [0, 0.05) is 49.7 Å². The van der Waals surface area contributed by atoms with Crippen molar-refractivity contribution in [2.24, 2.45) is 40.9 Å². The van der Waals surface area contributed by atoms with Gasteiger partial charge in [-0.05, 0) is 144 Å². The zero-order chi connectivity index (χ0) is 40.8. The Hall–Kier alpha value is -2.95. The van der Waals surface area contributed by atoms with Gasteiger partial charge in [0.15, 0.2) is 0 Å². The Morgan fingerprint density at radius 2 is 1.95 bits per heavy atom. The lowest BCUT2D eigenvalue weighted by Crippen LogP contribution is -2.65. The predicted molar refractivity (Wildman–Crippen MR) is 228 cm³/mol. The van der Waals surface area contributed by atoms with Crippen LogP contribution in [0.1, 0.15) is 82.8 Å². The normalized spacial score (nSPS) is 36.5. The standard InChI is InChI=1S/C49H70N2O6/c1-33(43-27-35-10-7-11-36(25-35)28-47(3,21-24-57-5)51-30-37-12-8-13-39(43)26-37)9-6-14-41(32-54)42-17-19-49(46(42)55)45-38(18-23-52)15-16-40(44(45)34(2)31-53)29-48(49,56)20-22-50-4/h6-7,9-11,14-16,25-26,31,38-40,42-43,45-46,50-52,54-56H,1,8,12-13,17-24,27-30,32H2,2-5H3. The van der Waals surface area contributed by atoms with E-state index in [-0.39, 0.29) is 48.3 Å². The second-order valence-electron chi connectivity index (χ2n) is 18.3. The summed E-state index contributed by atoms with van der Waals surface area (Å²) in [6.07, 6.45) is 21.4. The lowest BCUT2D eigenvalue weighted by atomic mass is 9.45. The molecule has 1 aliphatic heterocycles. The van der Waals surface area contributed by atoms with E-state index in [2.05, 4.69) is 72.7 Å². The van der Waals surface area contributed by atoms with Gasteiger partial charge in [-0.1, -0.05) is 84.0 Å². The van der Waals surface area contributed by atoms with Crippen molar-refractivity contribution in [1.82, 2.24) is 10.6 Å². The molecule has 1 spiro atoms. The minimum Gasteiger partial charge on any atom is -0.396 e. The zero-order valence-corrected chi connectivity index (χ0v) is 35.0. The maximum atomic E-state index is 12.8. The average molecular weight is 783 g/mol. The molecule has 8 nitrogen and oxygen atoms in total. The number of hydrogen-bond acceptors (Lipinski definition) is 8. The van der Waals surface area contributed by atoms with Gasteiger partial charge in [0.1, 0.15) is 6.29 Å². The highest BCUT2D eigenvalue weighted by atomic mass is 16.5. The fourth-order valence-electron chi connectivity index (χ4n) is 11.8. The predicted octanol–water partition coefficient (Wildman–Crippen LogP) is 6.36. The molecule has 10 unspecified atom stereocenters. The molecular formula is C49H70N2O6. The third-order valence-electron chi connectivity index (χ3n) is 14.8. The van der Waals surface area contributed by atoms with E-state index in [0.717, 1.165) is 68.1 Å². The molecule has 312 valence electrons. The zero-order valence-electron chi connectivity index (χ0n) is 35.0. The van der Waals surface area contributed by atoms with Crippen LogP contribution in [0, 0.1) is 40.9 Å². The lowest BCUT2D eigenvalue weighted by molar-refractivity contribution is -0.194. The van der Waals surface area contributed by atoms with Crippen LogP contribution in [0.4, 0.5) is 0 Å². The van der Waals surface area contributed by atoms with Gasteiger partial charge in [0.25, 0.3) is 0 Å². The van der Waals surface area contributed by atoms with E-state index in [4.69, 9.17) is 4.74 Å². The molecule has 0 aromatic heterocycles. The first-order valence-electron chi connectivity index (χ1n) is 21.6. The molecule has 4 aliphatic carbocycles. The summed E-state index contributed by atoms with van der Waals surface area (Å²) < 4.78 is 5.50. The summed E-state index contributed by atoms with van der Waals surface area (Å²) in [7, 11) is 3.65. The smallest absolute Gasteiger partial charge is 0.145 e. The molecule has 0 amide bonds. The minimum absolute atomic E-state index is 0.0276. The lowest BCUT2D eigenvalue weighted by Gasteiger charge is -2.61. The van der Waals surface area contributed by atoms with E-state index in [1.807, 2.05) is 26.1 Å². The largest absolute Gasteiger partial charge is 0.396 e. The van der Waals surface area contributed by atoms with Crippen molar-refractivity contribution in [2.75, 3.05) is 47.1 Å². The number of hydrogen-bond donors (Lipinski definition) is 6. The number of aliphatic hydroxyl groups is 4. The van der Waals surface area contributed by atoms with Crippen LogP contribution in [-0.4, -0.2) is 91.0 Å². The molecule has 6 bridgehead atoms. The maximum Gasteiger partial charge on any atom is 0.145 e. The Morgan fingerprint density at radius 3 is 2.68 bits per heavy atom. The van der Waals surface area contributed by atoms with E-state index >= 15 is 0 Å². The fraction of sp³-hybridized carbons (Fsp3) is 0.612. The summed E-state index contributed by atoms with van der Waals surface area (Å²) in [6, 6.07) is 9.02. The Kier molecular flexibility index (Phi) is 14.5. The van der Waals surface area contributed by atoms with Crippen molar-refractivity contribution < 1.29 is 30.0 Å². The molecule has 2 saturated carbocycles. The summed E-state index contributed by atoms with van der Waals surface area (Å²) in [5.74, 6) is -0.354. The van der Waals surface area contributed by atoms with Gasteiger partial charge in [0.2, 0.25) is 0 Å². The van der Waals surface area contributed by atoms with Crippen molar-refractivity contribution in [3.8, 4) is 0 Å². The minimum atomic E-state index is -1.22. The summed E-state index contributed by atoms with van der Waals surface area (Å²) in [4.78, 5) is 12.3. The molecule has 2 fully saturated rings. The number of nitrogens with one attached hydrogen (secondary N) is 2. The molecule has 1 aromatic carbocycles. The highest BCUT2D eigenvalue weighted by Gasteiger charge is 2.68. The molecule has 1 aromatic rings. The summed E-state index contributed by atoms with van der Waals surface area (Å²) in [5.41, 5.74) is 5.28. The summed E-state index contributed by atoms with van der Waals surface area (Å²) in [6.45, 7) is 10.7. The third kappa shape index (κ3) is 8.98. The number of aliphatic hydroxyl groups excluding tert-OH is 3. The van der Waals surface area contributed by atoms with Gasteiger partial charge in [-0.25, -0.2) is 0 Å². The highest BCUT2D eigenvalue weighted by molar-refractivity contribution is 5.74. The van der Waals surface area contributed by atoms with Crippen LogP contribution in [0.25, 0.3) is 0 Å². The van der Waals surface area contributed by atoms with Crippen LogP contribution < -0.4 is 10.6 Å². The summed E-state index contributed by atoms with van der Waals surface area (Å²) in [5, 5.41) is 53.7. The Morgan fingerprint density at radius 1 is 1.14 bits per heavy atom. The van der Waals surface area contributed by atoms with Crippen LogP contribution >= 0.6 is 0 Å². The molecule has 57 heavy (non-hydrogen) atoms. The van der Waals surface area contributed by atoms with Gasteiger partial charge < -0.3 is 35.8 Å². The Bertz CT molecular complexity index is 1740. The number of rotatable bonds is 14. The van der Waals surface area contributed by atoms with Crippen LogP contribution in [0.2, 0.25) is 0 Å². The molecule has 1 heterocycles. The fourth-order valence-corrected chi connectivity index (χ4v) is 11.8. The summed E-state index contributed by atoms with van der Waals surface area (Å²) >= 11 is 0. The number of methoxy groups -OCH3 is 1. The number of carbonyl (C=O) groups is 1. The molecule has 5 aliphatic rings. The molecule has 6 N–H and O–H groups in total. The molecular weight excluding hydrogens is 713 g/mol. The number of benzene rings is 1. The topological polar surface area (TPSA) is 131 Å². The maximum absolute atomic E-state index is 12.8. The van der Waals surface area contributed by atoms with Gasteiger partial charge in [0.05, 0.1) is 18.3 Å². The van der Waals surface area contributed by atoms with Gasteiger partial charge >= 0.3 is 0 Å². The first-order valence-corrected chi connectivity index (χ1v) is 21.6. The van der Waals surface area contributed by atoms with Crippen LogP contribution in [-0.2, 0) is 22.4 Å². The molecule has 8 heteroatoms. The van der Waals surface area contributed by atoms with E-state index in [1.54, 1.807) is 7.11 Å². The van der Waals surface area contributed by atoms with Crippen molar-refractivity contribution in [1.29, 1.82) is 0 Å². The number of allylic oxidation sites excluding steroid dienone is 9. The van der Waals surface area contributed by atoms with Crippen molar-refractivity contribution in [3.05, 3.63) is 106 Å². The van der Waals surface area contributed by atoms with E-state index < -0.39 is 17.1 Å². The van der Waals surface area contributed by atoms with Crippen molar-refractivity contribution in [2.45, 2.75) is 102 Å². The Balaban J connectivity index is 1.29. The SMILES string of the molecule is C=C(C=CC=C(CO)C1CCC2(C1O)C1C(=C(C)C=O)C(C=CC1CCO)CC2(O)CCNC)C1Cc2cccc(c2)CC(C)(CCOC)NCC2=CC1CCC2. The quantitative estimate of drug-likeness (QED) is 0.0557. The number of carbonyl (C=O) groups excluding carboxylic acids is 1. The molecule has 10 atom stereocenters. The second-order valence-corrected chi connectivity index (χ2v) is 18.3. The number of aldehydes is 1. The van der Waals surface area contributed by atoms with Crippen LogP contribution in [0.15, 0.2) is 95.2 Å². The molecule has 0 radical (unpaired) electrons. The van der Waals surface area contributed by atoms with E-state index in [9.17, 15) is 25.2 Å². The number of fused-ring (bicyclic) bond motifs is 6. The average Bonchev–Trinajstić information content (AvgIpc) is 3.55. The van der Waals surface area contributed by atoms with Crippen molar-refractivity contribution >= 4 is 6.29 Å². The first-order chi connectivity index (χ1) is 27.5. The molecule has 6 rings (SSSR count). The van der Waals surface area contributed by atoms with E-state index in [0.29, 0.717) is 56.7 Å². The van der Waals surface area contributed by atoms with Crippen LogP contribution in [0.3, 0.4) is 0 Å². The van der Waals surface area contributed by atoms with Gasteiger partial charge in [-0.15, -0.1) is 0 Å². The third-order valence-corrected chi connectivity index (χ3v) is 14.8. The van der Waals surface area contributed by atoms with Gasteiger partial charge in [-0.3, -0.25) is 4.79 Å². The highest BCUT2D eigenvalue weighted by Crippen LogP contribution is 2.67.